The van der Waals surface area contributed by atoms with Crippen molar-refractivity contribution < 1.29 is 4.79 Å². The number of nitrogens with one attached hydrogen (secondary N) is 1. The number of rotatable bonds is 5. The third kappa shape index (κ3) is 4.11. The van der Waals surface area contributed by atoms with Crippen molar-refractivity contribution in [2.75, 3.05) is 5.73 Å². The Kier molecular flexibility index (Phi) is 5.17. The first kappa shape index (κ1) is 19.6. The summed E-state index contributed by atoms with van der Waals surface area (Å²) in [5.74, 6) is 0.347. The van der Waals surface area contributed by atoms with Crippen LogP contribution in [-0.2, 0) is 13.0 Å². The Balaban J connectivity index is 1.28. The minimum Gasteiger partial charge on any atom is -0.383 e. The highest BCUT2D eigenvalue weighted by Gasteiger charge is 2.09. The molecule has 0 aliphatic heterocycles. The molecule has 5 aromatic rings. The molecule has 0 unspecified atom stereocenters. The quantitative estimate of drug-likeness (QED) is 0.443. The summed E-state index contributed by atoms with van der Waals surface area (Å²) in [5, 5.41) is 7.13. The van der Waals surface area contributed by atoms with Gasteiger partial charge in [-0.05, 0) is 64.2 Å². The Labute approximate surface area is 185 Å². The van der Waals surface area contributed by atoms with Gasteiger partial charge in [0, 0.05) is 48.3 Å². The van der Waals surface area contributed by atoms with E-state index < -0.39 is 0 Å². The van der Waals surface area contributed by atoms with Crippen molar-refractivity contribution in [2.45, 2.75) is 13.0 Å². The number of amides is 1. The number of fused-ring (bicyclic) bond motifs is 2. The zero-order valence-electron chi connectivity index (χ0n) is 17.3. The molecule has 0 spiro atoms. The summed E-state index contributed by atoms with van der Waals surface area (Å²) in [6.07, 6.45) is 9.42. The molecule has 32 heavy (non-hydrogen) atoms. The van der Waals surface area contributed by atoms with E-state index in [2.05, 4.69) is 38.5 Å². The first-order chi connectivity index (χ1) is 15.7. The van der Waals surface area contributed by atoms with E-state index in [-0.39, 0.29) is 5.91 Å². The fraction of sp³-hybridized carbons (Fsp3) is 0.0769. The highest BCUT2D eigenvalue weighted by atomic mass is 16.1. The Bertz CT molecular complexity index is 1450. The minimum atomic E-state index is -0.156. The van der Waals surface area contributed by atoms with Crippen LogP contribution in [0.2, 0.25) is 0 Å². The lowest BCUT2D eigenvalue weighted by Gasteiger charge is -2.09. The summed E-state index contributed by atoms with van der Waals surface area (Å²) in [5.41, 5.74) is 9.57. The normalized spacial score (nSPS) is 11.0. The largest absolute Gasteiger partial charge is 0.383 e. The van der Waals surface area contributed by atoms with E-state index in [1.165, 1.54) is 0 Å². The molecule has 0 atom stereocenters. The van der Waals surface area contributed by atoms with Crippen LogP contribution in [0, 0.1) is 0 Å². The number of nitrogens with zero attached hydrogens (tertiary/aromatic N) is 3. The van der Waals surface area contributed by atoms with E-state index in [9.17, 15) is 4.79 Å². The first-order valence-electron chi connectivity index (χ1n) is 10.3. The molecule has 6 nitrogen and oxygen atoms in total. The molecule has 2 aromatic carbocycles. The molecule has 6 heteroatoms. The van der Waals surface area contributed by atoms with Crippen molar-refractivity contribution in [3.63, 3.8) is 0 Å². The average molecular weight is 419 g/mol. The molecule has 0 saturated carbocycles. The standard InChI is InChI=1S/C26H21N5O/c27-25-24-4-2-18(11-21(24)6-8-30-25)14-31-26(32)23-12-19(13-29-16-23)9-17-1-3-20-5-7-28-15-22(20)10-17/h1-8,10-13,15-16H,9,14H2,(H2,27,30)(H,31,32). The topological polar surface area (TPSA) is 93.8 Å². The molecule has 1 amide bonds. The van der Waals surface area contributed by atoms with Crippen LogP contribution in [-0.4, -0.2) is 20.9 Å². The summed E-state index contributed by atoms with van der Waals surface area (Å²) in [4.78, 5) is 25.3. The van der Waals surface area contributed by atoms with E-state index in [0.717, 1.165) is 38.2 Å². The van der Waals surface area contributed by atoms with Crippen molar-refractivity contribution in [3.8, 4) is 0 Å². The predicted molar refractivity (Wildman–Crippen MR) is 126 cm³/mol. The molecule has 0 radical (unpaired) electrons. The van der Waals surface area contributed by atoms with Crippen LogP contribution in [0.4, 0.5) is 5.82 Å². The Morgan fingerprint density at radius 2 is 1.62 bits per heavy atom. The minimum absolute atomic E-state index is 0.156. The summed E-state index contributed by atoms with van der Waals surface area (Å²) in [7, 11) is 0. The van der Waals surface area contributed by atoms with Gasteiger partial charge in [0.05, 0.1) is 5.56 Å². The molecule has 5 rings (SSSR count). The molecule has 3 heterocycles. The van der Waals surface area contributed by atoms with E-state index in [1.807, 2.05) is 42.6 Å². The number of benzene rings is 2. The van der Waals surface area contributed by atoms with E-state index in [0.29, 0.717) is 24.3 Å². The number of carbonyl (C=O) groups excluding carboxylic acids is 1. The zero-order valence-corrected chi connectivity index (χ0v) is 17.3. The van der Waals surface area contributed by atoms with E-state index in [1.54, 1.807) is 24.8 Å². The van der Waals surface area contributed by atoms with Crippen molar-refractivity contribution in [2.24, 2.45) is 0 Å². The number of nitrogen functional groups attached to an aromatic ring is 1. The number of pyridine rings is 3. The molecule has 0 aliphatic carbocycles. The van der Waals surface area contributed by atoms with Crippen molar-refractivity contribution in [1.82, 2.24) is 20.3 Å². The summed E-state index contributed by atoms with van der Waals surface area (Å²) in [6.45, 7) is 0.416. The second-order valence-corrected chi connectivity index (χ2v) is 7.75. The van der Waals surface area contributed by atoms with Gasteiger partial charge in [0.1, 0.15) is 5.82 Å². The smallest absolute Gasteiger partial charge is 0.253 e. The van der Waals surface area contributed by atoms with Gasteiger partial charge >= 0.3 is 0 Å². The maximum atomic E-state index is 12.7. The van der Waals surface area contributed by atoms with Gasteiger partial charge in [-0.25, -0.2) is 4.98 Å². The van der Waals surface area contributed by atoms with Gasteiger partial charge in [0.15, 0.2) is 0 Å². The fourth-order valence-electron chi connectivity index (χ4n) is 3.83. The van der Waals surface area contributed by atoms with Gasteiger partial charge < -0.3 is 11.1 Å². The third-order valence-electron chi connectivity index (χ3n) is 5.48. The molecule has 0 saturated heterocycles. The average Bonchev–Trinajstić information content (AvgIpc) is 2.83. The lowest BCUT2D eigenvalue weighted by Crippen LogP contribution is -2.23. The number of nitrogens with two attached hydrogens (primary N) is 1. The number of hydrogen-bond donors (Lipinski definition) is 2. The molecular weight excluding hydrogens is 398 g/mol. The van der Waals surface area contributed by atoms with Crippen LogP contribution in [0.5, 0.6) is 0 Å². The van der Waals surface area contributed by atoms with Gasteiger partial charge in [0.2, 0.25) is 0 Å². The van der Waals surface area contributed by atoms with Crippen LogP contribution in [0.15, 0.2) is 85.6 Å². The van der Waals surface area contributed by atoms with Gasteiger partial charge in [-0.3, -0.25) is 14.8 Å². The van der Waals surface area contributed by atoms with Crippen LogP contribution >= 0.6 is 0 Å². The molecule has 156 valence electrons. The van der Waals surface area contributed by atoms with Crippen LogP contribution < -0.4 is 11.1 Å². The maximum Gasteiger partial charge on any atom is 0.253 e. The zero-order chi connectivity index (χ0) is 21.9. The molecule has 0 aliphatic rings. The predicted octanol–water partition coefficient (Wildman–Crippen LogP) is 4.28. The van der Waals surface area contributed by atoms with Crippen molar-refractivity contribution >= 4 is 33.3 Å². The SMILES string of the molecule is Nc1nccc2cc(CNC(=O)c3cncc(Cc4ccc5ccncc5c4)c3)ccc12. The number of aromatic nitrogens is 3. The Morgan fingerprint density at radius 1 is 0.781 bits per heavy atom. The van der Waals surface area contributed by atoms with Gasteiger partial charge in [-0.15, -0.1) is 0 Å². The van der Waals surface area contributed by atoms with E-state index in [4.69, 9.17) is 5.73 Å². The summed E-state index contributed by atoms with van der Waals surface area (Å²) >= 11 is 0. The van der Waals surface area contributed by atoms with Crippen LogP contribution in [0.1, 0.15) is 27.0 Å². The maximum absolute atomic E-state index is 12.7. The highest BCUT2D eigenvalue weighted by molar-refractivity contribution is 5.94. The Hall–Kier alpha value is -4.32. The van der Waals surface area contributed by atoms with Crippen LogP contribution in [0.25, 0.3) is 21.5 Å². The van der Waals surface area contributed by atoms with Crippen molar-refractivity contribution in [1.29, 1.82) is 0 Å². The van der Waals surface area contributed by atoms with Crippen molar-refractivity contribution in [3.05, 3.63) is 108 Å². The lowest BCUT2D eigenvalue weighted by molar-refractivity contribution is 0.0950. The molecule has 0 fully saturated rings. The number of hydrogen-bond acceptors (Lipinski definition) is 5. The fourth-order valence-corrected chi connectivity index (χ4v) is 3.83. The first-order valence-corrected chi connectivity index (χ1v) is 10.3. The Morgan fingerprint density at radius 3 is 2.56 bits per heavy atom. The van der Waals surface area contributed by atoms with Gasteiger partial charge in [-0.1, -0.05) is 24.3 Å². The number of carbonyl (C=O) groups is 1. The number of anilines is 1. The summed E-state index contributed by atoms with van der Waals surface area (Å²) < 4.78 is 0. The third-order valence-corrected chi connectivity index (χ3v) is 5.48. The molecule has 3 aromatic heterocycles. The summed E-state index contributed by atoms with van der Waals surface area (Å²) in [6, 6.07) is 18.0. The monoisotopic (exact) mass is 419 g/mol. The second-order valence-electron chi connectivity index (χ2n) is 7.75. The lowest BCUT2D eigenvalue weighted by atomic mass is 10.0. The molecular formula is C26H21N5O. The van der Waals surface area contributed by atoms with Gasteiger partial charge in [-0.2, -0.15) is 0 Å². The molecule has 0 bridgehead atoms. The van der Waals surface area contributed by atoms with E-state index >= 15 is 0 Å². The van der Waals surface area contributed by atoms with Crippen LogP contribution in [0.3, 0.4) is 0 Å². The van der Waals surface area contributed by atoms with Gasteiger partial charge in [0.25, 0.3) is 5.91 Å². The second kappa shape index (κ2) is 8.43. The highest BCUT2D eigenvalue weighted by Crippen LogP contribution is 2.20. The molecule has 3 N–H and O–H groups in total.